The molecule has 0 bridgehead atoms. The van der Waals surface area contributed by atoms with E-state index in [1.165, 1.54) is 23.4 Å². The van der Waals surface area contributed by atoms with Crippen molar-refractivity contribution in [3.63, 3.8) is 0 Å². The van der Waals surface area contributed by atoms with Gasteiger partial charge in [0.05, 0.1) is 0 Å². The molecule has 0 saturated heterocycles. The molecule has 2 heteroatoms. The topological polar surface area (TPSA) is 25.8 Å². The lowest BCUT2D eigenvalue weighted by atomic mass is 10.0. The molecule has 0 fully saturated rings. The van der Waals surface area contributed by atoms with Crippen molar-refractivity contribution in [3.8, 4) is 0 Å². The van der Waals surface area contributed by atoms with E-state index in [0.29, 0.717) is 5.92 Å². The molecule has 1 aliphatic rings. The maximum absolute atomic E-state index is 4.31. The normalized spacial score (nSPS) is 19.4. The van der Waals surface area contributed by atoms with Crippen LogP contribution in [-0.4, -0.2) is 9.97 Å². The lowest BCUT2D eigenvalue weighted by Crippen LogP contribution is -1.99. The molecule has 0 aromatic carbocycles. The first-order valence-corrected chi connectivity index (χ1v) is 4.65. The smallest absolute Gasteiger partial charge is 0.115 e. The lowest BCUT2D eigenvalue weighted by Gasteiger charge is -2.07. The summed E-state index contributed by atoms with van der Waals surface area (Å²) >= 11 is 0. The van der Waals surface area contributed by atoms with Crippen molar-refractivity contribution in [1.29, 1.82) is 0 Å². The number of hydrogen-bond donors (Lipinski definition) is 0. The van der Waals surface area contributed by atoms with Crippen LogP contribution in [0.4, 0.5) is 0 Å². The molecule has 0 spiro atoms. The summed E-state index contributed by atoms with van der Waals surface area (Å²) in [6.07, 6.45) is 5.14. The first kappa shape index (κ1) is 10.2. The van der Waals surface area contributed by atoms with Crippen LogP contribution in [0.5, 0.6) is 0 Å². The Bertz CT molecular complexity index is 294. The van der Waals surface area contributed by atoms with Gasteiger partial charge in [-0.3, -0.25) is 0 Å². The van der Waals surface area contributed by atoms with Gasteiger partial charge in [-0.15, -0.1) is 0 Å². The van der Waals surface area contributed by atoms with Crippen LogP contribution in [-0.2, 0) is 12.8 Å². The number of aromatic nitrogens is 2. The van der Waals surface area contributed by atoms with E-state index in [2.05, 4.69) is 23.8 Å². The Morgan fingerprint density at radius 3 is 2.92 bits per heavy atom. The quantitative estimate of drug-likeness (QED) is 0.660. The average Bonchev–Trinajstić information content (AvgIpc) is 2.48. The number of hydrogen-bond acceptors (Lipinski definition) is 2. The highest BCUT2D eigenvalue weighted by Crippen LogP contribution is 2.32. The Morgan fingerprint density at radius 1 is 1.46 bits per heavy atom. The molecule has 1 unspecified atom stereocenters. The van der Waals surface area contributed by atoms with Gasteiger partial charge >= 0.3 is 0 Å². The van der Waals surface area contributed by atoms with E-state index in [1.54, 1.807) is 6.33 Å². The van der Waals surface area contributed by atoms with Crippen LogP contribution >= 0.6 is 0 Å². The van der Waals surface area contributed by atoms with Gasteiger partial charge in [0.1, 0.15) is 6.33 Å². The van der Waals surface area contributed by atoms with Crippen LogP contribution < -0.4 is 0 Å². The first-order valence-electron chi connectivity index (χ1n) is 4.65. The molecule has 72 valence electrons. The SMILES string of the molecule is C.CCc1ncnc2c1C(C)CC2. The molecule has 0 aliphatic heterocycles. The fourth-order valence-electron chi connectivity index (χ4n) is 2.02. The summed E-state index contributed by atoms with van der Waals surface area (Å²) < 4.78 is 0. The third-order valence-corrected chi connectivity index (χ3v) is 2.69. The maximum atomic E-state index is 4.31. The molecule has 1 aliphatic carbocycles. The molecule has 2 rings (SSSR count). The minimum atomic E-state index is 0. The summed E-state index contributed by atoms with van der Waals surface area (Å²) in [5.74, 6) is 0.677. The highest BCUT2D eigenvalue weighted by atomic mass is 14.8. The van der Waals surface area contributed by atoms with Gasteiger partial charge in [-0.2, -0.15) is 0 Å². The van der Waals surface area contributed by atoms with E-state index in [-0.39, 0.29) is 7.43 Å². The standard InChI is InChI=1S/C10H14N2.CH4/c1-3-8-10-7(2)4-5-9(10)12-6-11-8;/h6-7H,3-5H2,1-2H3;1H4. The minimum Gasteiger partial charge on any atom is -0.241 e. The van der Waals surface area contributed by atoms with E-state index in [4.69, 9.17) is 0 Å². The second-order valence-corrected chi connectivity index (χ2v) is 3.47. The van der Waals surface area contributed by atoms with Gasteiger partial charge in [-0.05, 0) is 30.7 Å². The molecule has 1 aromatic rings. The van der Waals surface area contributed by atoms with E-state index in [1.807, 2.05) is 0 Å². The summed E-state index contributed by atoms with van der Waals surface area (Å²) in [5.41, 5.74) is 3.97. The number of fused-ring (bicyclic) bond motifs is 1. The first-order chi connectivity index (χ1) is 5.83. The molecule has 1 aromatic heterocycles. The van der Waals surface area contributed by atoms with E-state index < -0.39 is 0 Å². The van der Waals surface area contributed by atoms with Crippen LogP contribution in [0.2, 0.25) is 0 Å². The van der Waals surface area contributed by atoms with Gasteiger partial charge < -0.3 is 0 Å². The van der Waals surface area contributed by atoms with Crippen molar-refractivity contribution in [3.05, 3.63) is 23.3 Å². The summed E-state index contributed by atoms with van der Waals surface area (Å²) in [7, 11) is 0. The maximum Gasteiger partial charge on any atom is 0.115 e. The van der Waals surface area contributed by atoms with Crippen LogP contribution in [0.3, 0.4) is 0 Å². The van der Waals surface area contributed by atoms with Crippen molar-refractivity contribution in [1.82, 2.24) is 9.97 Å². The highest BCUT2D eigenvalue weighted by molar-refractivity contribution is 5.32. The summed E-state index contributed by atoms with van der Waals surface area (Å²) in [6.45, 7) is 4.43. The molecule has 2 nitrogen and oxygen atoms in total. The second-order valence-electron chi connectivity index (χ2n) is 3.47. The van der Waals surface area contributed by atoms with Crippen molar-refractivity contribution < 1.29 is 0 Å². The molecule has 0 amide bonds. The van der Waals surface area contributed by atoms with Crippen LogP contribution in [0.25, 0.3) is 0 Å². The Labute approximate surface area is 80.4 Å². The predicted octanol–water partition coefficient (Wildman–Crippen LogP) is 2.72. The molecule has 0 radical (unpaired) electrons. The van der Waals surface area contributed by atoms with E-state index in [0.717, 1.165) is 12.8 Å². The highest BCUT2D eigenvalue weighted by Gasteiger charge is 2.22. The summed E-state index contributed by atoms with van der Waals surface area (Å²) in [5, 5.41) is 0. The molecule has 0 saturated carbocycles. The number of rotatable bonds is 1. The Hall–Kier alpha value is -0.920. The van der Waals surface area contributed by atoms with Gasteiger partial charge in [0.2, 0.25) is 0 Å². The predicted molar refractivity (Wildman–Crippen MR) is 54.9 cm³/mol. The van der Waals surface area contributed by atoms with Crippen molar-refractivity contribution >= 4 is 0 Å². The molecule has 1 atom stereocenters. The number of aryl methyl sites for hydroxylation is 2. The fraction of sp³-hybridized carbons (Fsp3) is 0.636. The van der Waals surface area contributed by atoms with Crippen LogP contribution in [0.15, 0.2) is 6.33 Å². The van der Waals surface area contributed by atoms with Crippen molar-refractivity contribution in [2.24, 2.45) is 0 Å². The Kier molecular flexibility index (Phi) is 3.02. The van der Waals surface area contributed by atoms with Gasteiger partial charge in [0, 0.05) is 11.4 Å². The second kappa shape index (κ2) is 3.86. The van der Waals surface area contributed by atoms with Gasteiger partial charge in [0.15, 0.2) is 0 Å². The zero-order chi connectivity index (χ0) is 8.55. The van der Waals surface area contributed by atoms with Crippen molar-refractivity contribution in [2.75, 3.05) is 0 Å². The molecule has 13 heavy (non-hydrogen) atoms. The number of nitrogens with zero attached hydrogens (tertiary/aromatic N) is 2. The minimum absolute atomic E-state index is 0. The monoisotopic (exact) mass is 178 g/mol. The van der Waals surface area contributed by atoms with Crippen molar-refractivity contribution in [2.45, 2.75) is 46.5 Å². The summed E-state index contributed by atoms with van der Waals surface area (Å²) in [4.78, 5) is 8.62. The van der Waals surface area contributed by atoms with Gasteiger partial charge in [0.25, 0.3) is 0 Å². The third-order valence-electron chi connectivity index (χ3n) is 2.69. The average molecular weight is 178 g/mol. The molecule has 1 heterocycles. The van der Waals surface area contributed by atoms with Gasteiger partial charge in [-0.25, -0.2) is 9.97 Å². The summed E-state index contributed by atoms with van der Waals surface area (Å²) in [6, 6.07) is 0. The van der Waals surface area contributed by atoms with E-state index >= 15 is 0 Å². The van der Waals surface area contributed by atoms with Crippen LogP contribution in [0, 0.1) is 0 Å². The lowest BCUT2D eigenvalue weighted by molar-refractivity contribution is 0.736. The van der Waals surface area contributed by atoms with Gasteiger partial charge in [-0.1, -0.05) is 21.3 Å². The zero-order valence-electron chi connectivity index (χ0n) is 7.67. The Balaban J connectivity index is 0.000000845. The Morgan fingerprint density at radius 2 is 2.23 bits per heavy atom. The molecule has 0 N–H and O–H groups in total. The largest absolute Gasteiger partial charge is 0.241 e. The zero-order valence-corrected chi connectivity index (χ0v) is 7.67. The molecular weight excluding hydrogens is 160 g/mol. The third kappa shape index (κ3) is 1.58. The van der Waals surface area contributed by atoms with E-state index in [9.17, 15) is 0 Å². The molecular formula is C11H18N2. The van der Waals surface area contributed by atoms with Crippen LogP contribution in [0.1, 0.15) is 50.6 Å². The fourth-order valence-corrected chi connectivity index (χ4v) is 2.02.